The van der Waals surface area contributed by atoms with Crippen molar-refractivity contribution in [1.29, 1.82) is 0 Å². The maximum absolute atomic E-state index is 12.2. The zero-order valence-corrected chi connectivity index (χ0v) is 10.2. The van der Waals surface area contributed by atoms with Crippen molar-refractivity contribution in [2.75, 3.05) is 19.7 Å². The van der Waals surface area contributed by atoms with Crippen LogP contribution >= 0.6 is 0 Å². The summed E-state index contributed by atoms with van der Waals surface area (Å²) in [5.74, 6) is -0.991. The Morgan fingerprint density at radius 1 is 1.56 bits per heavy atom. The summed E-state index contributed by atoms with van der Waals surface area (Å²) >= 11 is 0. The molecule has 0 bridgehead atoms. The molecule has 1 saturated heterocycles. The van der Waals surface area contributed by atoms with Gasteiger partial charge in [-0.15, -0.1) is 0 Å². The molecule has 0 aliphatic carbocycles. The number of morpholine rings is 1. The number of aliphatic carboxylic acids is 1. The zero-order chi connectivity index (χ0) is 13.1. The van der Waals surface area contributed by atoms with Gasteiger partial charge in [0, 0.05) is 26.3 Å². The van der Waals surface area contributed by atoms with Crippen LogP contribution in [0.3, 0.4) is 0 Å². The van der Waals surface area contributed by atoms with Gasteiger partial charge in [-0.3, -0.25) is 9.59 Å². The van der Waals surface area contributed by atoms with Crippen LogP contribution in [0.4, 0.5) is 0 Å². The average Bonchev–Trinajstić information content (AvgIpc) is 2.74. The molecule has 1 aliphatic heterocycles. The van der Waals surface area contributed by atoms with E-state index < -0.39 is 12.1 Å². The van der Waals surface area contributed by atoms with Gasteiger partial charge in [0.25, 0.3) is 5.91 Å². The number of aromatic nitrogens is 1. The van der Waals surface area contributed by atoms with E-state index in [-0.39, 0.29) is 12.3 Å². The number of hydrogen-bond acceptors (Lipinski definition) is 3. The monoisotopic (exact) mass is 252 g/mol. The molecule has 6 heteroatoms. The quantitative estimate of drug-likeness (QED) is 0.842. The summed E-state index contributed by atoms with van der Waals surface area (Å²) in [5.41, 5.74) is 0.603. The number of hydrogen-bond donors (Lipinski definition) is 1. The highest BCUT2D eigenvalue weighted by molar-refractivity contribution is 5.92. The molecule has 6 nitrogen and oxygen atoms in total. The zero-order valence-electron chi connectivity index (χ0n) is 10.2. The molecule has 2 rings (SSSR count). The van der Waals surface area contributed by atoms with Gasteiger partial charge in [-0.1, -0.05) is 0 Å². The van der Waals surface area contributed by atoms with Crippen LogP contribution in [0.25, 0.3) is 0 Å². The number of aryl methyl sites for hydroxylation is 1. The highest BCUT2D eigenvalue weighted by Crippen LogP contribution is 2.12. The third-order valence-electron chi connectivity index (χ3n) is 2.99. The highest BCUT2D eigenvalue weighted by atomic mass is 16.5. The highest BCUT2D eigenvalue weighted by Gasteiger charge is 2.27. The first-order valence-corrected chi connectivity index (χ1v) is 5.82. The minimum absolute atomic E-state index is 0.0725. The largest absolute Gasteiger partial charge is 0.481 e. The van der Waals surface area contributed by atoms with Crippen LogP contribution in [0.1, 0.15) is 16.9 Å². The van der Waals surface area contributed by atoms with Crippen molar-refractivity contribution in [3.63, 3.8) is 0 Å². The molecule has 0 spiro atoms. The van der Waals surface area contributed by atoms with Crippen molar-refractivity contribution in [2.24, 2.45) is 7.05 Å². The minimum atomic E-state index is -0.909. The Bertz CT molecular complexity index is 455. The van der Waals surface area contributed by atoms with E-state index in [4.69, 9.17) is 9.84 Å². The van der Waals surface area contributed by atoms with E-state index >= 15 is 0 Å². The number of carboxylic acid groups (broad SMARTS) is 1. The number of carboxylic acids is 1. The second-order valence-corrected chi connectivity index (χ2v) is 4.35. The lowest BCUT2D eigenvalue weighted by atomic mass is 10.2. The van der Waals surface area contributed by atoms with Crippen molar-refractivity contribution in [1.82, 2.24) is 9.47 Å². The Morgan fingerprint density at radius 3 is 2.94 bits per heavy atom. The summed E-state index contributed by atoms with van der Waals surface area (Å²) < 4.78 is 7.09. The Labute approximate surface area is 105 Å². The fourth-order valence-corrected chi connectivity index (χ4v) is 2.07. The lowest BCUT2D eigenvalue weighted by molar-refractivity contribution is -0.141. The predicted octanol–water partition coefficient (Wildman–Crippen LogP) is 0.341. The molecule has 0 saturated carbocycles. The summed E-state index contributed by atoms with van der Waals surface area (Å²) in [6, 6.07) is 3.56. The number of rotatable bonds is 3. The number of carbonyl (C=O) groups is 2. The summed E-state index contributed by atoms with van der Waals surface area (Å²) in [4.78, 5) is 24.5. The van der Waals surface area contributed by atoms with Crippen molar-refractivity contribution < 1.29 is 19.4 Å². The van der Waals surface area contributed by atoms with Crippen LogP contribution in [0, 0.1) is 0 Å². The van der Waals surface area contributed by atoms with Crippen LogP contribution in [0.15, 0.2) is 18.3 Å². The Kier molecular flexibility index (Phi) is 3.66. The fraction of sp³-hybridized carbons (Fsp3) is 0.500. The number of ether oxygens (including phenoxy) is 1. The number of carbonyl (C=O) groups excluding carboxylic acids is 1. The molecule has 1 N–H and O–H groups in total. The van der Waals surface area contributed by atoms with E-state index in [1.54, 1.807) is 15.5 Å². The summed E-state index contributed by atoms with van der Waals surface area (Å²) in [5, 5.41) is 8.73. The number of amides is 1. The van der Waals surface area contributed by atoms with Crippen LogP contribution in [-0.4, -0.2) is 52.3 Å². The van der Waals surface area contributed by atoms with E-state index in [0.717, 1.165) is 0 Å². The normalized spacial score (nSPS) is 19.8. The van der Waals surface area contributed by atoms with Crippen LogP contribution in [0.2, 0.25) is 0 Å². The van der Waals surface area contributed by atoms with E-state index in [9.17, 15) is 9.59 Å². The van der Waals surface area contributed by atoms with E-state index in [2.05, 4.69) is 0 Å². The summed E-state index contributed by atoms with van der Waals surface area (Å²) in [6.07, 6.45) is 1.32. The molecule has 1 aromatic heterocycles. The van der Waals surface area contributed by atoms with Gasteiger partial charge in [-0.2, -0.15) is 0 Å². The molecule has 0 aromatic carbocycles. The Hall–Kier alpha value is -1.82. The van der Waals surface area contributed by atoms with Crippen molar-refractivity contribution in [3.05, 3.63) is 24.0 Å². The molecule has 1 amide bonds. The summed E-state index contributed by atoms with van der Waals surface area (Å²) in [6.45, 7) is 1.21. The maximum Gasteiger partial charge on any atom is 0.306 e. The van der Waals surface area contributed by atoms with Gasteiger partial charge in [-0.05, 0) is 12.1 Å². The lowest BCUT2D eigenvalue weighted by Crippen LogP contribution is -2.46. The minimum Gasteiger partial charge on any atom is -0.481 e. The molecule has 1 atom stereocenters. The van der Waals surface area contributed by atoms with Gasteiger partial charge in [0.1, 0.15) is 5.69 Å². The van der Waals surface area contributed by atoms with E-state index in [0.29, 0.717) is 25.4 Å². The van der Waals surface area contributed by atoms with Crippen LogP contribution < -0.4 is 0 Å². The topological polar surface area (TPSA) is 71.8 Å². The van der Waals surface area contributed by atoms with Gasteiger partial charge in [-0.25, -0.2) is 0 Å². The molecular formula is C12H16N2O4. The van der Waals surface area contributed by atoms with Gasteiger partial charge < -0.3 is 19.3 Å². The van der Waals surface area contributed by atoms with Crippen molar-refractivity contribution in [2.45, 2.75) is 12.5 Å². The van der Waals surface area contributed by atoms with Crippen LogP contribution in [0.5, 0.6) is 0 Å². The molecule has 2 heterocycles. The van der Waals surface area contributed by atoms with Crippen LogP contribution in [-0.2, 0) is 16.6 Å². The third kappa shape index (κ3) is 2.70. The molecule has 1 aromatic rings. The van der Waals surface area contributed by atoms with Gasteiger partial charge in [0.15, 0.2) is 0 Å². The molecule has 0 radical (unpaired) electrons. The smallest absolute Gasteiger partial charge is 0.306 e. The van der Waals surface area contributed by atoms with E-state index in [1.807, 2.05) is 19.3 Å². The van der Waals surface area contributed by atoms with Gasteiger partial charge >= 0.3 is 5.97 Å². The average molecular weight is 252 g/mol. The first kappa shape index (κ1) is 12.6. The van der Waals surface area contributed by atoms with Crippen molar-refractivity contribution in [3.8, 4) is 0 Å². The SMILES string of the molecule is Cn1cccc1C(=O)N1CCOC(CC(=O)O)C1. The molecule has 1 unspecified atom stereocenters. The fourth-order valence-electron chi connectivity index (χ4n) is 2.07. The first-order chi connectivity index (χ1) is 8.58. The van der Waals surface area contributed by atoms with Crippen molar-refractivity contribution >= 4 is 11.9 Å². The molecule has 18 heavy (non-hydrogen) atoms. The standard InChI is InChI=1S/C12H16N2O4/c1-13-4-2-3-10(13)12(17)14-5-6-18-9(8-14)7-11(15)16/h2-4,9H,5-8H2,1H3,(H,15,16). The second kappa shape index (κ2) is 5.22. The number of nitrogens with zero attached hydrogens (tertiary/aromatic N) is 2. The molecule has 1 aliphatic rings. The lowest BCUT2D eigenvalue weighted by Gasteiger charge is -2.32. The Balaban J connectivity index is 2.03. The summed E-state index contributed by atoms with van der Waals surface area (Å²) in [7, 11) is 1.81. The molecule has 98 valence electrons. The maximum atomic E-state index is 12.2. The van der Waals surface area contributed by atoms with Gasteiger partial charge in [0.2, 0.25) is 0 Å². The third-order valence-corrected chi connectivity index (χ3v) is 2.99. The predicted molar refractivity (Wildman–Crippen MR) is 63.3 cm³/mol. The Morgan fingerprint density at radius 2 is 2.33 bits per heavy atom. The second-order valence-electron chi connectivity index (χ2n) is 4.35. The first-order valence-electron chi connectivity index (χ1n) is 5.82. The molecular weight excluding hydrogens is 236 g/mol. The molecule has 1 fully saturated rings. The van der Waals surface area contributed by atoms with Gasteiger partial charge in [0.05, 0.1) is 19.1 Å². The van der Waals surface area contributed by atoms with E-state index in [1.165, 1.54) is 0 Å².